The number of rotatable bonds is 3. The highest BCUT2D eigenvalue weighted by Crippen LogP contribution is 2.25. The maximum absolute atomic E-state index is 12.5. The maximum Gasteiger partial charge on any atom is 0.327 e. The van der Waals surface area contributed by atoms with E-state index in [1.54, 1.807) is 11.8 Å². The minimum Gasteiger partial charge on any atom is -0.480 e. The molecule has 1 N–H and O–H groups in total. The van der Waals surface area contributed by atoms with Crippen molar-refractivity contribution >= 4 is 35.2 Å². The quantitative estimate of drug-likeness (QED) is 0.906. The number of thioether (sulfide) groups is 1. The van der Waals surface area contributed by atoms with Crippen LogP contribution in [0.5, 0.6) is 0 Å². The Bertz CT molecular complexity index is 489. The number of carbonyl (C=O) groups is 2. The number of aliphatic carboxylic acids is 1. The molecule has 2 heterocycles. The average Bonchev–Trinajstić information content (AvgIpc) is 2.87. The van der Waals surface area contributed by atoms with E-state index in [0.29, 0.717) is 22.9 Å². The molecule has 1 fully saturated rings. The van der Waals surface area contributed by atoms with Gasteiger partial charge in [0.2, 0.25) is 0 Å². The van der Waals surface area contributed by atoms with Gasteiger partial charge in [-0.25, -0.2) is 4.79 Å². The van der Waals surface area contributed by atoms with Gasteiger partial charge in [0.25, 0.3) is 5.91 Å². The fraction of sp³-hybridized carbons (Fsp3) is 0.636. The first-order chi connectivity index (χ1) is 9.02. The van der Waals surface area contributed by atoms with Crippen LogP contribution >= 0.6 is 23.3 Å². The number of amides is 1. The summed E-state index contributed by atoms with van der Waals surface area (Å²) in [7, 11) is 0. The van der Waals surface area contributed by atoms with Crippen molar-refractivity contribution in [1.29, 1.82) is 0 Å². The molecule has 0 aromatic carbocycles. The normalized spacial score (nSPS) is 19.7. The van der Waals surface area contributed by atoms with Gasteiger partial charge in [-0.05, 0) is 17.5 Å². The van der Waals surface area contributed by atoms with E-state index in [9.17, 15) is 14.7 Å². The molecule has 1 aromatic heterocycles. The van der Waals surface area contributed by atoms with Crippen molar-refractivity contribution in [3.05, 3.63) is 10.6 Å². The van der Waals surface area contributed by atoms with Crippen LogP contribution in [0.2, 0.25) is 0 Å². The molecule has 104 valence electrons. The fourth-order valence-corrected chi connectivity index (χ4v) is 3.72. The second-order valence-electron chi connectivity index (χ2n) is 4.57. The molecule has 0 radical (unpaired) electrons. The molecule has 8 heteroatoms. The molecule has 1 aromatic rings. The summed E-state index contributed by atoms with van der Waals surface area (Å²) in [6.45, 7) is 4.33. The van der Waals surface area contributed by atoms with Crippen molar-refractivity contribution in [2.24, 2.45) is 0 Å². The van der Waals surface area contributed by atoms with Gasteiger partial charge in [-0.3, -0.25) is 4.79 Å². The summed E-state index contributed by atoms with van der Waals surface area (Å²) in [5.41, 5.74) is 0.650. The lowest BCUT2D eigenvalue weighted by Crippen LogP contribution is -2.50. The molecule has 2 rings (SSSR count). The van der Waals surface area contributed by atoms with E-state index in [0.717, 1.165) is 17.3 Å². The number of hydrogen-bond acceptors (Lipinski definition) is 6. The third kappa shape index (κ3) is 2.89. The Hall–Kier alpha value is -1.15. The zero-order valence-corrected chi connectivity index (χ0v) is 12.3. The summed E-state index contributed by atoms with van der Waals surface area (Å²) in [6.07, 6.45) is 0. The van der Waals surface area contributed by atoms with Gasteiger partial charge in [0.1, 0.15) is 10.9 Å². The van der Waals surface area contributed by atoms with Crippen molar-refractivity contribution in [3.8, 4) is 0 Å². The van der Waals surface area contributed by atoms with Crippen LogP contribution in [0.4, 0.5) is 0 Å². The summed E-state index contributed by atoms with van der Waals surface area (Å²) in [4.78, 5) is 25.6. The molecular weight excluding hydrogens is 286 g/mol. The predicted molar refractivity (Wildman–Crippen MR) is 73.8 cm³/mol. The SMILES string of the molecule is CC(C)c1nnsc1C(=O)N1CCSCC1C(=O)O. The van der Waals surface area contributed by atoms with E-state index in [4.69, 9.17) is 0 Å². The van der Waals surface area contributed by atoms with Crippen LogP contribution in [0.1, 0.15) is 35.1 Å². The first kappa shape index (κ1) is 14.3. The smallest absolute Gasteiger partial charge is 0.327 e. The van der Waals surface area contributed by atoms with E-state index < -0.39 is 12.0 Å². The number of hydrogen-bond donors (Lipinski definition) is 1. The van der Waals surface area contributed by atoms with E-state index in [-0.39, 0.29) is 11.8 Å². The van der Waals surface area contributed by atoms with Gasteiger partial charge in [0, 0.05) is 18.1 Å². The number of carboxylic acids is 1. The zero-order valence-electron chi connectivity index (χ0n) is 10.7. The Balaban J connectivity index is 2.26. The van der Waals surface area contributed by atoms with Gasteiger partial charge in [0.15, 0.2) is 0 Å². The number of carboxylic acid groups (broad SMARTS) is 1. The van der Waals surface area contributed by atoms with Crippen LogP contribution in [0.3, 0.4) is 0 Å². The van der Waals surface area contributed by atoms with Crippen LogP contribution in [0, 0.1) is 0 Å². The standard InChI is InChI=1S/C11H15N3O3S2/c1-6(2)8-9(19-13-12-8)10(15)14-3-4-18-5-7(14)11(16)17/h6-7H,3-5H2,1-2H3,(H,16,17). The van der Waals surface area contributed by atoms with E-state index in [1.165, 1.54) is 4.90 Å². The number of aromatic nitrogens is 2. The Morgan fingerprint density at radius 2 is 2.21 bits per heavy atom. The number of carbonyl (C=O) groups excluding carboxylic acids is 1. The van der Waals surface area contributed by atoms with Gasteiger partial charge < -0.3 is 10.0 Å². The molecule has 1 unspecified atom stereocenters. The molecular formula is C11H15N3O3S2. The third-order valence-electron chi connectivity index (χ3n) is 2.93. The Kier molecular flexibility index (Phi) is 4.41. The summed E-state index contributed by atoms with van der Waals surface area (Å²) < 4.78 is 3.82. The second-order valence-corrected chi connectivity index (χ2v) is 6.47. The lowest BCUT2D eigenvalue weighted by molar-refractivity contribution is -0.141. The molecule has 0 aliphatic carbocycles. The first-order valence-corrected chi connectivity index (χ1v) is 7.89. The van der Waals surface area contributed by atoms with Crippen molar-refractivity contribution in [2.45, 2.75) is 25.8 Å². The lowest BCUT2D eigenvalue weighted by Gasteiger charge is -2.32. The van der Waals surface area contributed by atoms with Crippen molar-refractivity contribution in [2.75, 3.05) is 18.1 Å². The van der Waals surface area contributed by atoms with Gasteiger partial charge in [-0.1, -0.05) is 18.3 Å². The van der Waals surface area contributed by atoms with Crippen molar-refractivity contribution < 1.29 is 14.7 Å². The Labute approximate surface area is 119 Å². The summed E-state index contributed by atoms with van der Waals surface area (Å²) in [5.74, 6) is 0.0824. The second kappa shape index (κ2) is 5.87. The van der Waals surface area contributed by atoms with Gasteiger partial charge in [-0.2, -0.15) is 11.8 Å². The first-order valence-electron chi connectivity index (χ1n) is 5.96. The van der Waals surface area contributed by atoms with Gasteiger partial charge in [-0.15, -0.1) is 5.10 Å². The summed E-state index contributed by atoms with van der Waals surface area (Å²) in [6, 6.07) is -0.756. The van der Waals surface area contributed by atoms with Crippen LogP contribution in [0.25, 0.3) is 0 Å². The minimum absolute atomic E-state index is 0.0974. The molecule has 0 saturated carbocycles. The molecule has 1 atom stereocenters. The Morgan fingerprint density at radius 1 is 1.47 bits per heavy atom. The Morgan fingerprint density at radius 3 is 2.84 bits per heavy atom. The molecule has 1 aliphatic rings. The van der Waals surface area contributed by atoms with E-state index >= 15 is 0 Å². The van der Waals surface area contributed by atoms with Crippen molar-refractivity contribution in [3.63, 3.8) is 0 Å². The van der Waals surface area contributed by atoms with Gasteiger partial charge >= 0.3 is 5.97 Å². The molecule has 0 spiro atoms. The van der Waals surface area contributed by atoms with Crippen LogP contribution < -0.4 is 0 Å². The summed E-state index contributed by atoms with van der Waals surface area (Å²) >= 11 is 2.60. The molecule has 1 saturated heterocycles. The minimum atomic E-state index is -0.955. The third-order valence-corrected chi connectivity index (χ3v) is 4.68. The monoisotopic (exact) mass is 301 g/mol. The largest absolute Gasteiger partial charge is 0.480 e. The fourth-order valence-electron chi connectivity index (χ4n) is 1.91. The molecule has 0 bridgehead atoms. The lowest BCUT2D eigenvalue weighted by atomic mass is 10.1. The topological polar surface area (TPSA) is 83.4 Å². The zero-order chi connectivity index (χ0) is 14.0. The van der Waals surface area contributed by atoms with E-state index in [1.807, 2.05) is 13.8 Å². The van der Waals surface area contributed by atoms with Crippen molar-refractivity contribution in [1.82, 2.24) is 14.5 Å². The maximum atomic E-state index is 12.5. The van der Waals surface area contributed by atoms with Crippen LogP contribution in [-0.4, -0.2) is 55.6 Å². The molecule has 1 amide bonds. The van der Waals surface area contributed by atoms with Crippen LogP contribution in [0.15, 0.2) is 0 Å². The highest BCUT2D eigenvalue weighted by atomic mass is 32.2. The predicted octanol–water partition coefficient (Wildman–Crippen LogP) is 1.30. The number of nitrogens with zero attached hydrogens (tertiary/aromatic N) is 3. The molecule has 1 aliphatic heterocycles. The van der Waals surface area contributed by atoms with Gasteiger partial charge in [0.05, 0.1) is 5.69 Å². The molecule has 19 heavy (non-hydrogen) atoms. The average molecular weight is 301 g/mol. The molecule has 6 nitrogen and oxygen atoms in total. The summed E-state index contributed by atoms with van der Waals surface area (Å²) in [5, 5.41) is 13.2. The highest BCUT2D eigenvalue weighted by molar-refractivity contribution is 7.99. The van der Waals surface area contributed by atoms with E-state index in [2.05, 4.69) is 9.59 Å². The highest BCUT2D eigenvalue weighted by Gasteiger charge is 2.35. The van der Waals surface area contributed by atoms with Crippen LogP contribution in [-0.2, 0) is 4.79 Å².